The maximum atomic E-state index is 13.0. The molecule has 0 N–H and O–H groups in total. The van der Waals surface area contributed by atoms with Gasteiger partial charge in [-0.3, -0.25) is 4.90 Å². The lowest BCUT2D eigenvalue weighted by Crippen LogP contribution is -2.36. The molecule has 0 saturated carbocycles. The molecule has 1 saturated heterocycles. The SMILES string of the molecule is C[C@H]1C2CCN(Cc3ccccc3)C1c1c(-c3ccc(C(F)(F)F)cc3)cccc12. The van der Waals surface area contributed by atoms with Crippen LogP contribution in [0.25, 0.3) is 11.1 Å². The molecule has 0 radical (unpaired) electrons. The molecule has 4 heteroatoms. The van der Waals surface area contributed by atoms with Crippen molar-refractivity contribution in [3.05, 3.63) is 95.1 Å². The van der Waals surface area contributed by atoms with E-state index in [1.165, 1.54) is 28.8 Å². The van der Waals surface area contributed by atoms with Crippen molar-refractivity contribution in [2.75, 3.05) is 6.54 Å². The topological polar surface area (TPSA) is 3.24 Å². The molecule has 0 spiro atoms. The first-order valence-corrected chi connectivity index (χ1v) is 10.5. The zero-order valence-electron chi connectivity index (χ0n) is 16.9. The Bertz CT molecular complexity index is 1040. The Morgan fingerprint density at radius 1 is 0.900 bits per heavy atom. The van der Waals surface area contributed by atoms with Crippen molar-refractivity contribution in [1.82, 2.24) is 4.90 Å². The minimum Gasteiger partial charge on any atom is -0.292 e. The first-order chi connectivity index (χ1) is 14.4. The van der Waals surface area contributed by atoms with E-state index >= 15 is 0 Å². The van der Waals surface area contributed by atoms with Crippen LogP contribution in [0.2, 0.25) is 0 Å². The van der Waals surface area contributed by atoms with Gasteiger partial charge in [-0.2, -0.15) is 13.2 Å². The van der Waals surface area contributed by atoms with Gasteiger partial charge in [0.2, 0.25) is 0 Å². The Kier molecular flexibility index (Phi) is 4.70. The summed E-state index contributed by atoms with van der Waals surface area (Å²) in [7, 11) is 0. The predicted molar refractivity (Wildman–Crippen MR) is 113 cm³/mol. The van der Waals surface area contributed by atoms with Gasteiger partial charge in [-0.25, -0.2) is 0 Å². The second kappa shape index (κ2) is 7.28. The van der Waals surface area contributed by atoms with Gasteiger partial charge in [0.25, 0.3) is 0 Å². The van der Waals surface area contributed by atoms with Gasteiger partial charge < -0.3 is 0 Å². The number of halogens is 3. The van der Waals surface area contributed by atoms with E-state index in [9.17, 15) is 13.2 Å². The summed E-state index contributed by atoms with van der Waals surface area (Å²) in [6, 6.07) is 22.8. The summed E-state index contributed by atoms with van der Waals surface area (Å²) in [6.07, 6.45) is -3.19. The lowest BCUT2D eigenvalue weighted by atomic mass is 9.85. The molecule has 3 aromatic rings. The summed E-state index contributed by atoms with van der Waals surface area (Å²) in [4.78, 5) is 2.55. The highest BCUT2D eigenvalue weighted by Gasteiger charge is 2.45. The van der Waals surface area contributed by atoms with E-state index in [1.54, 1.807) is 12.1 Å². The van der Waals surface area contributed by atoms with Crippen LogP contribution in [-0.4, -0.2) is 11.4 Å². The van der Waals surface area contributed by atoms with Crippen LogP contribution in [0.5, 0.6) is 0 Å². The average Bonchev–Trinajstić information content (AvgIpc) is 2.91. The van der Waals surface area contributed by atoms with Gasteiger partial charge in [-0.15, -0.1) is 0 Å². The summed E-state index contributed by atoms with van der Waals surface area (Å²) in [5, 5.41) is 0. The van der Waals surface area contributed by atoms with E-state index < -0.39 is 11.7 Å². The van der Waals surface area contributed by atoms with Crippen LogP contribution in [-0.2, 0) is 12.7 Å². The molecule has 1 aliphatic heterocycles. The number of fused-ring (bicyclic) bond motifs is 5. The minimum atomic E-state index is -4.31. The Morgan fingerprint density at radius 3 is 2.33 bits per heavy atom. The number of piperidine rings is 1. The second-order valence-corrected chi connectivity index (χ2v) is 8.54. The number of likely N-dealkylation sites (tertiary alicyclic amines) is 1. The zero-order chi connectivity index (χ0) is 20.9. The van der Waals surface area contributed by atoms with Gasteiger partial charge >= 0.3 is 6.18 Å². The molecule has 1 aliphatic carbocycles. The van der Waals surface area contributed by atoms with Gasteiger partial charge in [-0.1, -0.05) is 67.6 Å². The molecule has 30 heavy (non-hydrogen) atoms. The highest BCUT2D eigenvalue weighted by atomic mass is 19.4. The Morgan fingerprint density at radius 2 is 1.63 bits per heavy atom. The summed E-state index contributed by atoms with van der Waals surface area (Å²) in [5.74, 6) is 1.01. The lowest BCUT2D eigenvalue weighted by Gasteiger charge is -2.39. The average molecular weight is 407 g/mol. The lowest BCUT2D eigenvalue weighted by molar-refractivity contribution is -0.137. The van der Waals surface area contributed by atoms with E-state index in [0.717, 1.165) is 30.6 Å². The van der Waals surface area contributed by atoms with Crippen LogP contribution in [0.1, 0.15) is 47.6 Å². The summed E-state index contributed by atoms with van der Waals surface area (Å²) in [5.41, 5.74) is 5.31. The minimum absolute atomic E-state index is 0.289. The van der Waals surface area contributed by atoms with Crippen LogP contribution in [0, 0.1) is 5.92 Å². The number of nitrogens with zero attached hydrogens (tertiary/aromatic N) is 1. The van der Waals surface area contributed by atoms with Crippen molar-refractivity contribution in [2.24, 2.45) is 5.92 Å². The molecule has 1 heterocycles. The third kappa shape index (κ3) is 3.24. The van der Waals surface area contributed by atoms with E-state index in [4.69, 9.17) is 0 Å². The fourth-order valence-corrected chi connectivity index (χ4v) is 5.47. The van der Waals surface area contributed by atoms with E-state index in [-0.39, 0.29) is 6.04 Å². The van der Waals surface area contributed by atoms with E-state index in [2.05, 4.69) is 54.3 Å². The fraction of sp³-hybridized carbons (Fsp3) is 0.308. The number of benzene rings is 3. The second-order valence-electron chi connectivity index (χ2n) is 8.54. The quantitative estimate of drug-likeness (QED) is 0.449. The molecule has 3 atom stereocenters. The fourth-order valence-electron chi connectivity index (χ4n) is 5.47. The van der Waals surface area contributed by atoms with Gasteiger partial charge in [0.05, 0.1) is 5.56 Å². The molecular formula is C26H24F3N. The number of rotatable bonds is 3. The maximum absolute atomic E-state index is 13.0. The molecular weight excluding hydrogens is 383 g/mol. The molecule has 0 amide bonds. The Hall–Kier alpha value is -2.59. The normalized spacial score (nSPS) is 23.4. The van der Waals surface area contributed by atoms with Crippen molar-refractivity contribution in [3.8, 4) is 11.1 Å². The van der Waals surface area contributed by atoms with Crippen molar-refractivity contribution in [1.29, 1.82) is 0 Å². The van der Waals surface area contributed by atoms with Gasteiger partial charge in [-0.05, 0) is 64.8 Å². The number of hydrogen-bond donors (Lipinski definition) is 0. The van der Waals surface area contributed by atoms with Gasteiger partial charge in [0, 0.05) is 12.6 Å². The van der Waals surface area contributed by atoms with Crippen LogP contribution in [0.3, 0.4) is 0 Å². The predicted octanol–water partition coefficient (Wildman–Crippen LogP) is 7.05. The molecule has 2 aliphatic rings. The summed E-state index contributed by atoms with van der Waals surface area (Å²) in [6.45, 7) is 4.25. The molecule has 2 unspecified atom stereocenters. The monoisotopic (exact) mass is 407 g/mol. The third-order valence-corrected chi connectivity index (χ3v) is 6.84. The zero-order valence-corrected chi connectivity index (χ0v) is 16.9. The molecule has 3 aromatic carbocycles. The summed E-state index contributed by atoms with van der Waals surface area (Å²) >= 11 is 0. The molecule has 154 valence electrons. The van der Waals surface area contributed by atoms with Crippen molar-refractivity contribution in [3.63, 3.8) is 0 Å². The first kappa shape index (κ1) is 19.4. The smallest absolute Gasteiger partial charge is 0.292 e. The molecule has 5 rings (SSSR count). The summed E-state index contributed by atoms with van der Waals surface area (Å²) < 4.78 is 39.1. The van der Waals surface area contributed by atoms with E-state index in [1.807, 2.05) is 6.07 Å². The largest absolute Gasteiger partial charge is 0.416 e. The molecule has 1 nitrogen and oxygen atoms in total. The van der Waals surface area contributed by atoms with Crippen LogP contribution >= 0.6 is 0 Å². The molecule has 2 bridgehead atoms. The van der Waals surface area contributed by atoms with Crippen molar-refractivity contribution < 1.29 is 13.2 Å². The van der Waals surface area contributed by atoms with Gasteiger partial charge in [0.15, 0.2) is 0 Å². The van der Waals surface area contributed by atoms with Crippen LogP contribution in [0.15, 0.2) is 72.8 Å². The standard InChI is InChI=1S/C26H24F3N/c1-17-21-14-15-30(16-18-6-3-2-4-7-18)25(17)24-22(8-5-9-23(21)24)19-10-12-20(13-11-19)26(27,28)29/h2-13,17,21,25H,14-16H2,1H3/t17-,21?,25?/m0/s1. The molecule has 1 fully saturated rings. The Balaban J connectivity index is 1.55. The highest BCUT2D eigenvalue weighted by molar-refractivity contribution is 5.71. The maximum Gasteiger partial charge on any atom is 0.416 e. The first-order valence-electron chi connectivity index (χ1n) is 10.5. The highest BCUT2D eigenvalue weighted by Crippen LogP contribution is 2.55. The number of alkyl halides is 3. The van der Waals surface area contributed by atoms with Crippen molar-refractivity contribution in [2.45, 2.75) is 38.0 Å². The van der Waals surface area contributed by atoms with Crippen LogP contribution in [0.4, 0.5) is 13.2 Å². The van der Waals surface area contributed by atoms with Crippen molar-refractivity contribution >= 4 is 0 Å². The van der Waals surface area contributed by atoms with Crippen LogP contribution < -0.4 is 0 Å². The third-order valence-electron chi connectivity index (χ3n) is 6.84. The van der Waals surface area contributed by atoms with Gasteiger partial charge in [0.1, 0.15) is 0 Å². The molecule has 0 aromatic heterocycles. The number of hydrogen-bond acceptors (Lipinski definition) is 1. The van der Waals surface area contributed by atoms with E-state index in [0.29, 0.717) is 11.8 Å². The Labute approximate surface area is 175 Å².